The fourth-order valence-electron chi connectivity index (χ4n) is 1.17. The summed E-state index contributed by atoms with van der Waals surface area (Å²) in [6.07, 6.45) is 1.58. The zero-order valence-electron chi connectivity index (χ0n) is 8.47. The predicted octanol–water partition coefficient (Wildman–Crippen LogP) is 1.29. The van der Waals surface area contributed by atoms with Crippen molar-refractivity contribution in [3.05, 3.63) is 46.5 Å². The first-order valence-corrected chi connectivity index (χ1v) is 4.49. The zero-order valence-corrected chi connectivity index (χ0v) is 8.47. The predicted molar refractivity (Wildman–Crippen MR) is 60.3 cm³/mol. The molecule has 84 valence electrons. The van der Waals surface area contributed by atoms with Crippen LogP contribution in [-0.4, -0.2) is 17.4 Å². The summed E-state index contributed by atoms with van der Waals surface area (Å²) in [6, 6.07) is 4.02. The van der Waals surface area contributed by atoms with Gasteiger partial charge in [0.2, 0.25) is 5.91 Å². The van der Waals surface area contributed by atoms with Crippen molar-refractivity contribution < 1.29 is 9.72 Å². The summed E-state index contributed by atoms with van der Waals surface area (Å²) >= 11 is 0. The maximum atomic E-state index is 10.9. The molecule has 0 atom stereocenters. The molecule has 0 aromatic heterocycles. The van der Waals surface area contributed by atoms with E-state index in [2.05, 4.69) is 11.9 Å². The van der Waals surface area contributed by atoms with Crippen LogP contribution in [0.4, 0.5) is 11.4 Å². The number of nitro benzene ring substituents is 1. The van der Waals surface area contributed by atoms with Crippen LogP contribution in [0.15, 0.2) is 30.9 Å². The molecule has 6 heteroatoms. The molecule has 0 fully saturated rings. The molecule has 0 bridgehead atoms. The number of carbonyl (C=O) groups excluding carboxylic acids is 1. The second-order valence-corrected chi connectivity index (χ2v) is 3.02. The molecule has 0 saturated heterocycles. The molecule has 0 aliphatic rings. The lowest BCUT2D eigenvalue weighted by Crippen LogP contribution is -2.12. The molecule has 0 spiro atoms. The van der Waals surface area contributed by atoms with Crippen LogP contribution in [0.5, 0.6) is 0 Å². The van der Waals surface area contributed by atoms with Crippen molar-refractivity contribution in [3.63, 3.8) is 0 Å². The van der Waals surface area contributed by atoms with Crippen molar-refractivity contribution in [2.45, 2.75) is 0 Å². The molecule has 16 heavy (non-hydrogen) atoms. The lowest BCUT2D eigenvalue weighted by Gasteiger charge is -2.05. The topological polar surface area (TPSA) is 98.3 Å². The first-order chi connectivity index (χ1) is 7.56. The van der Waals surface area contributed by atoms with Gasteiger partial charge in [0.1, 0.15) is 5.69 Å². The summed E-state index contributed by atoms with van der Waals surface area (Å²) in [4.78, 5) is 21.0. The maximum Gasteiger partial charge on any atom is 0.293 e. The van der Waals surface area contributed by atoms with E-state index < -0.39 is 10.8 Å². The summed E-state index contributed by atoms with van der Waals surface area (Å²) in [6.45, 7) is 3.89. The van der Waals surface area contributed by atoms with Gasteiger partial charge in [-0.2, -0.15) is 0 Å². The molecule has 0 aliphatic carbocycles. The highest BCUT2D eigenvalue weighted by Gasteiger charge is 2.15. The Hall–Kier alpha value is -2.37. The number of carbonyl (C=O) groups is 1. The summed E-state index contributed by atoms with van der Waals surface area (Å²) in [7, 11) is 0. The molecule has 0 aliphatic heterocycles. The van der Waals surface area contributed by atoms with Gasteiger partial charge in [0.25, 0.3) is 5.69 Å². The number of primary amides is 1. The van der Waals surface area contributed by atoms with Gasteiger partial charge < -0.3 is 11.1 Å². The Balaban J connectivity index is 3.13. The molecule has 0 unspecified atom stereocenters. The van der Waals surface area contributed by atoms with Gasteiger partial charge >= 0.3 is 0 Å². The van der Waals surface area contributed by atoms with E-state index in [0.717, 1.165) is 6.07 Å². The monoisotopic (exact) mass is 221 g/mol. The number of nitrogens with one attached hydrogen (secondary N) is 1. The fourth-order valence-corrected chi connectivity index (χ4v) is 1.17. The molecular formula is C10H11N3O3. The Kier molecular flexibility index (Phi) is 3.60. The lowest BCUT2D eigenvalue weighted by atomic mass is 10.1. The Bertz CT molecular complexity index is 443. The SMILES string of the molecule is C=CCNc1ccc(C(N)=O)cc1[N+](=O)[O-]. The molecule has 0 radical (unpaired) electrons. The van der Waals surface area contributed by atoms with E-state index in [9.17, 15) is 14.9 Å². The Morgan fingerprint density at radius 2 is 2.31 bits per heavy atom. The maximum absolute atomic E-state index is 10.9. The van der Waals surface area contributed by atoms with Crippen LogP contribution in [0, 0.1) is 10.1 Å². The molecule has 1 rings (SSSR count). The largest absolute Gasteiger partial charge is 0.376 e. The quantitative estimate of drug-likeness (QED) is 0.444. The zero-order chi connectivity index (χ0) is 12.1. The minimum absolute atomic E-state index is 0.107. The van der Waals surface area contributed by atoms with Crippen LogP contribution in [0.3, 0.4) is 0 Å². The lowest BCUT2D eigenvalue weighted by molar-refractivity contribution is -0.384. The van der Waals surface area contributed by atoms with E-state index in [1.165, 1.54) is 12.1 Å². The number of nitrogens with zero attached hydrogens (tertiary/aromatic N) is 1. The van der Waals surface area contributed by atoms with Crippen LogP contribution < -0.4 is 11.1 Å². The third kappa shape index (κ3) is 2.57. The first kappa shape index (κ1) is 11.7. The number of hydrogen-bond donors (Lipinski definition) is 2. The van der Waals surface area contributed by atoms with Gasteiger partial charge in [0, 0.05) is 18.2 Å². The van der Waals surface area contributed by atoms with E-state index in [1.54, 1.807) is 6.08 Å². The normalized spacial score (nSPS) is 9.50. The van der Waals surface area contributed by atoms with E-state index in [1.807, 2.05) is 0 Å². The molecule has 1 amide bonds. The third-order valence-corrected chi connectivity index (χ3v) is 1.92. The number of nitro groups is 1. The van der Waals surface area contributed by atoms with Gasteiger partial charge in [-0.15, -0.1) is 6.58 Å². The second kappa shape index (κ2) is 4.92. The van der Waals surface area contributed by atoms with Crippen LogP contribution >= 0.6 is 0 Å². The standard InChI is InChI=1S/C10H11N3O3/c1-2-5-12-8-4-3-7(10(11)14)6-9(8)13(15)16/h2-4,6,12H,1,5H2,(H2,11,14). The third-order valence-electron chi connectivity index (χ3n) is 1.92. The van der Waals surface area contributed by atoms with Gasteiger partial charge in [-0.3, -0.25) is 14.9 Å². The minimum Gasteiger partial charge on any atom is -0.376 e. The highest BCUT2D eigenvalue weighted by Crippen LogP contribution is 2.25. The van der Waals surface area contributed by atoms with Crippen LogP contribution in [0.2, 0.25) is 0 Å². The first-order valence-electron chi connectivity index (χ1n) is 4.49. The highest BCUT2D eigenvalue weighted by atomic mass is 16.6. The summed E-state index contributed by atoms with van der Waals surface area (Å²) in [5.41, 5.74) is 5.29. The average Bonchev–Trinajstić information content (AvgIpc) is 2.25. The number of benzene rings is 1. The average molecular weight is 221 g/mol. The van der Waals surface area contributed by atoms with Gasteiger partial charge in [-0.05, 0) is 12.1 Å². The van der Waals surface area contributed by atoms with Crippen molar-refractivity contribution in [3.8, 4) is 0 Å². The van der Waals surface area contributed by atoms with Crippen molar-refractivity contribution in [1.82, 2.24) is 0 Å². The molecule has 0 saturated carbocycles. The Morgan fingerprint density at radius 3 is 2.81 bits per heavy atom. The van der Waals surface area contributed by atoms with Crippen LogP contribution in [0.25, 0.3) is 0 Å². The van der Waals surface area contributed by atoms with Gasteiger partial charge in [-0.25, -0.2) is 0 Å². The van der Waals surface area contributed by atoms with E-state index in [0.29, 0.717) is 12.2 Å². The van der Waals surface area contributed by atoms with Crippen LogP contribution in [-0.2, 0) is 0 Å². The molecule has 1 aromatic rings. The Labute approximate surface area is 91.9 Å². The summed E-state index contributed by atoms with van der Waals surface area (Å²) < 4.78 is 0. The van der Waals surface area contributed by atoms with Gasteiger partial charge in [0.05, 0.1) is 4.92 Å². The number of rotatable bonds is 5. The highest BCUT2D eigenvalue weighted by molar-refractivity contribution is 5.94. The fraction of sp³-hybridized carbons (Fsp3) is 0.100. The number of hydrogen-bond acceptors (Lipinski definition) is 4. The van der Waals surface area contributed by atoms with Crippen molar-refractivity contribution in [1.29, 1.82) is 0 Å². The number of amides is 1. The summed E-state index contributed by atoms with van der Waals surface area (Å²) in [5, 5.41) is 13.5. The van der Waals surface area contributed by atoms with Crippen molar-refractivity contribution >= 4 is 17.3 Å². The molecule has 1 aromatic carbocycles. The smallest absolute Gasteiger partial charge is 0.293 e. The van der Waals surface area contributed by atoms with Crippen LogP contribution in [0.1, 0.15) is 10.4 Å². The van der Waals surface area contributed by atoms with Gasteiger partial charge in [0.15, 0.2) is 0 Å². The van der Waals surface area contributed by atoms with Gasteiger partial charge in [-0.1, -0.05) is 6.08 Å². The van der Waals surface area contributed by atoms with Crippen molar-refractivity contribution in [2.75, 3.05) is 11.9 Å². The molecule has 6 nitrogen and oxygen atoms in total. The van der Waals surface area contributed by atoms with E-state index in [-0.39, 0.29) is 11.3 Å². The second-order valence-electron chi connectivity index (χ2n) is 3.02. The van der Waals surface area contributed by atoms with E-state index >= 15 is 0 Å². The van der Waals surface area contributed by atoms with E-state index in [4.69, 9.17) is 5.73 Å². The number of anilines is 1. The molecule has 3 N–H and O–H groups in total. The molecule has 0 heterocycles. The minimum atomic E-state index is -0.696. The number of nitrogens with two attached hydrogens (primary N) is 1. The Morgan fingerprint density at radius 1 is 1.62 bits per heavy atom. The summed E-state index contributed by atoms with van der Waals surface area (Å²) in [5.74, 6) is -0.696. The molecular weight excluding hydrogens is 210 g/mol. The van der Waals surface area contributed by atoms with Crippen molar-refractivity contribution in [2.24, 2.45) is 5.73 Å².